The van der Waals surface area contributed by atoms with Gasteiger partial charge in [-0.15, -0.1) is 11.8 Å². The van der Waals surface area contributed by atoms with Crippen molar-refractivity contribution in [1.82, 2.24) is 0 Å². The van der Waals surface area contributed by atoms with E-state index >= 15 is 0 Å². The van der Waals surface area contributed by atoms with Gasteiger partial charge in [0, 0.05) is 11.3 Å². The van der Waals surface area contributed by atoms with Gasteiger partial charge >= 0.3 is 5.97 Å². The Morgan fingerprint density at radius 2 is 1.75 bits per heavy atom. The lowest BCUT2D eigenvalue weighted by molar-refractivity contribution is -0.153. The maximum atomic E-state index is 12.7. The second-order valence-electron chi connectivity index (χ2n) is 6.74. The topological polar surface area (TPSA) is 38.7 Å². The first-order valence-electron chi connectivity index (χ1n) is 8.04. The number of para-hydroxylation sites is 1. The normalized spacial score (nSPS) is 17.5. The molecule has 1 heterocycles. The number of fused-ring (bicyclic) bond motifs is 1. The summed E-state index contributed by atoms with van der Waals surface area (Å²) in [4.78, 5) is 18.5. The molecule has 0 bridgehead atoms. The van der Waals surface area contributed by atoms with Crippen LogP contribution in [0.4, 0.5) is 5.69 Å². The number of hydrogen-bond donors (Lipinski definition) is 0. The highest BCUT2D eigenvalue weighted by Crippen LogP contribution is 2.38. The monoisotopic (exact) mass is 339 g/mol. The Morgan fingerprint density at radius 3 is 2.46 bits per heavy atom. The number of thioether (sulfide) groups is 1. The van der Waals surface area contributed by atoms with E-state index in [1.54, 1.807) is 0 Å². The summed E-state index contributed by atoms with van der Waals surface area (Å²) in [7, 11) is 0. The van der Waals surface area contributed by atoms with Crippen LogP contribution in [0.1, 0.15) is 32.8 Å². The molecule has 0 saturated carbocycles. The van der Waals surface area contributed by atoms with Crippen LogP contribution in [0.5, 0.6) is 0 Å². The van der Waals surface area contributed by atoms with Crippen LogP contribution in [0.3, 0.4) is 0 Å². The molecule has 3 rings (SSSR count). The predicted octanol–water partition coefficient (Wildman–Crippen LogP) is 5.01. The smallest absolute Gasteiger partial charge is 0.320 e. The molecule has 1 atom stereocenters. The Kier molecular flexibility index (Phi) is 4.76. The minimum atomic E-state index is -0.493. The minimum Gasteiger partial charge on any atom is -0.459 e. The van der Waals surface area contributed by atoms with Crippen molar-refractivity contribution < 1.29 is 9.53 Å². The molecule has 1 unspecified atom stereocenters. The van der Waals surface area contributed by atoms with Gasteiger partial charge in [-0.3, -0.25) is 9.79 Å². The Morgan fingerprint density at radius 1 is 1.08 bits per heavy atom. The van der Waals surface area contributed by atoms with Crippen molar-refractivity contribution in [2.24, 2.45) is 4.99 Å². The molecule has 0 fully saturated rings. The first-order chi connectivity index (χ1) is 11.4. The van der Waals surface area contributed by atoms with E-state index < -0.39 is 5.60 Å². The van der Waals surface area contributed by atoms with Crippen molar-refractivity contribution in [3.05, 3.63) is 60.2 Å². The molecule has 0 aliphatic carbocycles. The highest BCUT2D eigenvalue weighted by Gasteiger charge is 2.30. The summed E-state index contributed by atoms with van der Waals surface area (Å²) in [5, 5.41) is -0.299. The molecule has 0 amide bonds. The van der Waals surface area contributed by atoms with Crippen molar-refractivity contribution >= 4 is 29.1 Å². The molecule has 124 valence electrons. The van der Waals surface area contributed by atoms with Crippen LogP contribution >= 0.6 is 11.8 Å². The summed E-state index contributed by atoms with van der Waals surface area (Å²) in [6.45, 7) is 5.69. The maximum absolute atomic E-state index is 12.7. The SMILES string of the molecule is CC(C)(C)OC(=O)C1CC(c2ccccc2)=Nc2ccccc2S1. The molecule has 3 nitrogen and oxygen atoms in total. The van der Waals surface area contributed by atoms with E-state index in [2.05, 4.69) is 0 Å². The molecule has 0 spiro atoms. The van der Waals surface area contributed by atoms with E-state index in [1.165, 1.54) is 11.8 Å². The van der Waals surface area contributed by atoms with E-state index in [-0.39, 0.29) is 11.2 Å². The van der Waals surface area contributed by atoms with E-state index in [0.717, 1.165) is 21.9 Å². The predicted molar refractivity (Wildman–Crippen MR) is 99.2 cm³/mol. The molecule has 0 aromatic heterocycles. The van der Waals surface area contributed by atoms with Crippen molar-refractivity contribution in [2.45, 2.75) is 42.9 Å². The van der Waals surface area contributed by atoms with Gasteiger partial charge in [0.05, 0.1) is 11.4 Å². The van der Waals surface area contributed by atoms with Crippen molar-refractivity contribution in [1.29, 1.82) is 0 Å². The van der Waals surface area contributed by atoms with Crippen LogP contribution in [0.2, 0.25) is 0 Å². The van der Waals surface area contributed by atoms with Crippen molar-refractivity contribution in [3.63, 3.8) is 0 Å². The first-order valence-corrected chi connectivity index (χ1v) is 8.92. The number of esters is 1. The molecule has 24 heavy (non-hydrogen) atoms. The number of carbonyl (C=O) groups excluding carboxylic acids is 1. The van der Waals surface area contributed by atoms with Crippen LogP contribution in [0, 0.1) is 0 Å². The van der Waals surface area contributed by atoms with Crippen molar-refractivity contribution in [2.75, 3.05) is 0 Å². The summed E-state index contributed by atoms with van der Waals surface area (Å²) in [6.07, 6.45) is 0.554. The largest absolute Gasteiger partial charge is 0.459 e. The van der Waals surface area contributed by atoms with Gasteiger partial charge in [-0.05, 0) is 38.5 Å². The maximum Gasteiger partial charge on any atom is 0.320 e. The summed E-state index contributed by atoms with van der Waals surface area (Å²) in [5.74, 6) is -0.187. The number of hydrogen-bond acceptors (Lipinski definition) is 4. The number of carbonyl (C=O) groups is 1. The minimum absolute atomic E-state index is 0.187. The Labute approximate surface area is 147 Å². The Hall–Kier alpha value is -2.07. The number of nitrogens with zero attached hydrogens (tertiary/aromatic N) is 1. The zero-order valence-electron chi connectivity index (χ0n) is 14.2. The van der Waals surface area contributed by atoms with Gasteiger partial charge in [0.25, 0.3) is 0 Å². The third-order valence-electron chi connectivity index (χ3n) is 3.55. The molecule has 0 saturated heterocycles. The fourth-order valence-electron chi connectivity index (χ4n) is 2.52. The van der Waals surface area contributed by atoms with Gasteiger partial charge in [-0.25, -0.2) is 0 Å². The molecular weight excluding hydrogens is 318 g/mol. The third kappa shape index (κ3) is 4.06. The molecule has 1 aliphatic heterocycles. The molecule has 0 radical (unpaired) electrons. The van der Waals surface area contributed by atoms with E-state index in [1.807, 2.05) is 75.4 Å². The quantitative estimate of drug-likeness (QED) is 0.722. The molecular formula is C20H21NO2S. The lowest BCUT2D eigenvalue weighted by Gasteiger charge is -2.23. The van der Waals surface area contributed by atoms with Gasteiger partial charge in [0.2, 0.25) is 0 Å². The van der Waals surface area contributed by atoms with Crippen LogP contribution in [-0.4, -0.2) is 22.5 Å². The fraction of sp³-hybridized carbons (Fsp3) is 0.300. The second-order valence-corrected chi connectivity index (χ2v) is 7.98. The van der Waals surface area contributed by atoms with Crippen LogP contribution in [-0.2, 0) is 9.53 Å². The standard InChI is InChI=1S/C20H21NO2S/c1-20(2,3)23-19(22)18-13-16(14-9-5-4-6-10-14)21-15-11-7-8-12-17(15)24-18/h4-12,18H,13H2,1-3H3. The van der Waals surface area contributed by atoms with E-state index in [9.17, 15) is 4.79 Å². The molecule has 1 aliphatic rings. The van der Waals surface area contributed by atoms with E-state index in [4.69, 9.17) is 9.73 Å². The van der Waals surface area contributed by atoms with Gasteiger partial charge < -0.3 is 4.74 Å². The summed E-state index contributed by atoms with van der Waals surface area (Å²) < 4.78 is 5.62. The van der Waals surface area contributed by atoms with Gasteiger partial charge in [0.15, 0.2) is 0 Å². The number of ether oxygens (including phenoxy) is 1. The molecule has 2 aromatic carbocycles. The van der Waals surface area contributed by atoms with Gasteiger partial charge in [0.1, 0.15) is 10.9 Å². The van der Waals surface area contributed by atoms with Crippen LogP contribution in [0.25, 0.3) is 0 Å². The van der Waals surface area contributed by atoms with Gasteiger partial charge in [-0.2, -0.15) is 0 Å². The summed E-state index contributed by atoms with van der Waals surface area (Å²) >= 11 is 1.54. The second kappa shape index (κ2) is 6.81. The number of aliphatic imine (C=N–C) groups is 1. The van der Waals surface area contributed by atoms with Crippen molar-refractivity contribution in [3.8, 4) is 0 Å². The molecule has 0 N–H and O–H groups in total. The molecule has 4 heteroatoms. The Bertz CT molecular complexity index is 763. The third-order valence-corrected chi connectivity index (χ3v) is 4.79. The van der Waals surface area contributed by atoms with E-state index in [0.29, 0.717) is 6.42 Å². The number of rotatable bonds is 2. The van der Waals surface area contributed by atoms with Crippen LogP contribution in [0.15, 0.2) is 64.5 Å². The van der Waals surface area contributed by atoms with Gasteiger partial charge in [-0.1, -0.05) is 42.5 Å². The highest BCUT2D eigenvalue weighted by atomic mass is 32.2. The summed E-state index contributed by atoms with van der Waals surface area (Å²) in [5.41, 5.74) is 2.38. The first kappa shape index (κ1) is 16.8. The lowest BCUT2D eigenvalue weighted by Crippen LogP contribution is -2.31. The lowest BCUT2D eigenvalue weighted by atomic mass is 10.0. The highest BCUT2D eigenvalue weighted by molar-refractivity contribution is 8.00. The average molecular weight is 339 g/mol. The molecule has 2 aromatic rings. The summed E-state index contributed by atoms with van der Waals surface area (Å²) in [6, 6.07) is 18.0. The zero-order valence-corrected chi connectivity index (χ0v) is 15.0. The zero-order chi connectivity index (χ0) is 17.2. The fourth-order valence-corrected chi connectivity index (χ4v) is 3.61. The average Bonchev–Trinajstić information content (AvgIpc) is 2.74. The van der Waals surface area contributed by atoms with Crippen LogP contribution < -0.4 is 0 Å². The number of benzene rings is 2. The Balaban J connectivity index is 1.97.